The molecule has 146 valence electrons. The minimum Gasteiger partial charge on any atom is -0.493 e. The summed E-state index contributed by atoms with van der Waals surface area (Å²) >= 11 is 0. The monoisotopic (exact) mass is 377 g/mol. The van der Waals surface area contributed by atoms with Crippen LogP contribution in [0, 0.1) is 5.92 Å². The molecule has 2 aliphatic rings. The van der Waals surface area contributed by atoms with E-state index in [4.69, 9.17) is 9.47 Å². The lowest BCUT2D eigenvalue weighted by Gasteiger charge is -2.40. The van der Waals surface area contributed by atoms with Gasteiger partial charge in [0.05, 0.1) is 20.3 Å². The minimum atomic E-state index is -0.0943. The van der Waals surface area contributed by atoms with Crippen molar-refractivity contribution < 1.29 is 14.3 Å². The molecule has 4 nitrogen and oxygen atoms in total. The van der Waals surface area contributed by atoms with Gasteiger partial charge >= 0.3 is 0 Å². The average molecular weight is 377 g/mol. The lowest BCUT2D eigenvalue weighted by molar-refractivity contribution is -0.138. The highest BCUT2D eigenvalue weighted by Crippen LogP contribution is 2.42. The van der Waals surface area contributed by atoms with Gasteiger partial charge < -0.3 is 14.4 Å². The molecule has 28 heavy (non-hydrogen) atoms. The smallest absolute Gasteiger partial charge is 0.226 e. The summed E-state index contributed by atoms with van der Waals surface area (Å²) in [4.78, 5) is 15.5. The molecule has 0 bridgehead atoms. The third-order valence-electron chi connectivity index (χ3n) is 5.89. The van der Waals surface area contributed by atoms with Crippen molar-refractivity contribution >= 4 is 5.91 Å². The standard InChI is InChI=1S/C24H27NO3/c1-27-21-15-19-13-14-25(24(26)18-11-7-4-8-12-18)23(17-9-5-3-6-10-17)20(19)16-22(21)28-2/h3-7,9-10,15-16,18,23H,8,11-14H2,1-2H3. The van der Waals surface area contributed by atoms with Crippen molar-refractivity contribution in [3.8, 4) is 11.5 Å². The molecule has 0 N–H and O–H groups in total. The molecule has 0 saturated heterocycles. The summed E-state index contributed by atoms with van der Waals surface area (Å²) in [6.07, 6.45) is 7.92. The number of carbonyl (C=O) groups excluding carboxylic acids is 1. The van der Waals surface area contributed by atoms with Crippen molar-refractivity contribution in [3.05, 3.63) is 71.3 Å². The predicted octanol–water partition coefficient (Wildman–Crippen LogP) is 4.53. The number of allylic oxidation sites excluding steroid dienone is 2. The second-order valence-electron chi connectivity index (χ2n) is 7.48. The highest BCUT2D eigenvalue weighted by molar-refractivity contribution is 5.81. The van der Waals surface area contributed by atoms with Crippen LogP contribution in [0.1, 0.15) is 42.0 Å². The van der Waals surface area contributed by atoms with Crippen LogP contribution in [0.3, 0.4) is 0 Å². The fraction of sp³-hybridized carbons (Fsp3) is 0.375. The van der Waals surface area contributed by atoms with Gasteiger partial charge in [0.25, 0.3) is 0 Å². The van der Waals surface area contributed by atoms with Gasteiger partial charge in [-0.05, 0) is 54.5 Å². The van der Waals surface area contributed by atoms with Crippen molar-refractivity contribution in [2.45, 2.75) is 31.7 Å². The van der Waals surface area contributed by atoms with E-state index in [0.717, 1.165) is 49.1 Å². The van der Waals surface area contributed by atoms with Crippen molar-refractivity contribution in [2.75, 3.05) is 20.8 Å². The molecule has 2 aromatic rings. The van der Waals surface area contributed by atoms with Gasteiger partial charge in [0, 0.05) is 12.5 Å². The first-order valence-corrected chi connectivity index (χ1v) is 9.98. The molecule has 1 heterocycles. The van der Waals surface area contributed by atoms with Crippen LogP contribution in [-0.4, -0.2) is 31.6 Å². The van der Waals surface area contributed by atoms with E-state index in [9.17, 15) is 4.79 Å². The molecule has 2 unspecified atom stereocenters. The molecule has 1 amide bonds. The fourth-order valence-corrected chi connectivity index (χ4v) is 4.43. The zero-order valence-corrected chi connectivity index (χ0v) is 16.6. The Kier molecular flexibility index (Phi) is 5.38. The number of nitrogens with zero attached hydrogens (tertiary/aromatic N) is 1. The lowest BCUT2D eigenvalue weighted by Crippen LogP contribution is -2.43. The Bertz CT molecular complexity index is 875. The number of benzene rings is 2. The number of hydrogen-bond donors (Lipinski definition) is 0. The van der Waals surface area contributed by atoms with Gasteiger partial charge in [-0.15, -0.1) is 0 Å². The number of ether oxygens (including phenoxy) is 2. The van der Waals surface area contributed by atoms with Gasteiger partial charge in [-0.1, -0.05) is 42.5 Å². The number of fused-ring (bicyclic) bond motifs is 1. The van der Waals surface area contributed by atoms with Gasteiger partial charge in [0.15, 0.2) is 11.5 Å². The zero-order chi connectivity index (χ0) is 19.5. The van der Waals surface area contributed by atoms with Crippen LogP contribution < -0.4 is 9.47 Å². The van der Waals surface area contributed by atoms with Crippen LogP contribution in [0.2, 0.25) is 0 Å². The maximum Gasteiger partial charge on any atom is 0.226 e. The number of carbonyl (C=O) groups is 1. The highest BCUT2D eigenvalue weighted by Gasteiger charge is 2.36. The van der Waals surface area contributed by atoms with Gasteiger partial charge in [-0.3, -0.25) is 4.79 Å². The number of rotatable bonds is 4. The third kappa shape index (κ3) is 3.39. The Morgan fingerprint density at radius 3 is 2.46 bits per heavy atom. The van der Waals surface area contributed by atoms with E-state index < -0.39 is 0 Å². The SMILES string of the molecule is COc1cc2c(cc1OC)C(c1ccccc1)N(C(=O)C1CC=CCC1)CC2. The quantitative estimate of drug-likeness (QED) is 0.735. The molecule has 0 aromatic heterocycles. The topological polar surface area (TPSA) is 38.8 Å². The summed E-state index contributed by atoms with van der Waals surface area (Å²) in [7, 11) is 3.32. The van der Waals surface area contributed by atoms with Crippen LogP contribution in [-0.2, 0) is 11.2 Å². The van der Waals surface area contributed by atoms with Gasteiger partial charge in [0.1, 0.15) is 0 Å². The highest BCUT2D eigenvalue weighted by atomic mass is 16.5. The molecular formula is C24H27NO3. The van der Waals surface area contributed by atoms with Crippen LogP contribution in [0.4, 0.5) is 0 Å². The zero-order valence-electron chi connectivity index (χ0n) is 16.6. The van der Waals surface area contributed by atoms with Gasteiger partial charge in [-0.2, -0.15) is 0 Å². The van der Waals surface area contributed by atoms with Crippen molar-refractivity contribution in [2.24, 2.45) is 5.92 Å². The minimum absolute atomic E-state index is 0.0814. The summed E-state index contributed by atoms with van der Waals surface area (Å²) in [6, 6.07) is 14.3. The first-order chi connectivity index (χ1) is 13.7. The summed E-state index contributed by atoms with van der Waals surface area (Å²) < 4.78 is 11.1. The molecule has 0 radical (unpaired) electrons. The Hall–Kier alpha value is -2.75. The van der Waals surface area contributed by atoms with Gasteiger partial charge in [-0.25, -0.2) is 0 Å². The molecule has 0 saturated carbocycles. The largest absolute Gasteiger partial charge is 0.493 e. The Morgan fingerprint density at radius 2 is 1.79 bits per heavy atom. The van der Waals surface area contributed by atoms with Crippen LogP contribution in [0.5, 0.6) is 11.5 Å². The van der Waals surface area contributed by atoms with E-state index in [1.165, 1.54) is 5.56 Å². The van der Waals surface area contributed by atoms with Crippen molar-refractivity contribution in [1.82, 2.24) is 4.90 Å². The Labute approximate surface area is 166 Å². The van der Waals surface area contributed by atoms with E-state index in [2.05, 4.69) is 35.3 Å². The van der Waals surface area contributed by atoms with Crippen LogP contribution in [0.15, 0.2) is 54.6 Å². The molecule has 2 aromatic carbocycles. The summed E-state index contributed by atoms with van der Waals surface area (Å²) in [5, 5.41) is 0. The molecule has 1 aliphatic heterocycles. The van der Waals surface area contributed by atoms with Crippen LogP contribution in [0.25, 0.3) is 0 Å². The first-order valence-electron chi connectivity index (χ1n) is 9.98. The molecular weight excluding hydrogens is 350 g/mol. The Morgan fingerprint density at radius 1 is 1.04 bits per heavy atom. The molecule has 4 rings (SSSR count). The summed E-state index contributed by atoms with van der Waals surface area (Å²) in [5.74, 6) is 1.79. The van der Waals surface area contributed by atoms with Gasteiger partial charge in [0.2, 0.25) is 5.91 Å². The molecule has 0 fully saturated rings. The van der Waals surface area contributed by atoms with Crippen molar-refractivity contribution in [3.63, 3.8) is 0 Å². The van der Waals surface area contributed by atoms with Crippen molar-refractivity contribution in [1.29, 1.82) is 0 Å². The second kappa shape index (κ2) is 8.09. The average Bonchev–Trinajstić information content (AvgIpc) is 2.77. The van der Waals surface area contributed by atoms with E-state index in [1.54, 1.807) is 14.2 Å². The number of amides is 1. The predicted molar refractivity (Wildman–Crippen MR) is 110 cm³/mol. The van der Waals surface area contributed by atoms with E-state index >= 15 is 0 Å². The Balaban J connectivity index is 1.78. The molecule has 4 heteroatoms. The maximum absolute atomic E-state index is 13.5. The number of hydrogen-bond acceptors (Lipinski definition) is 3. The fourth-order valence-electron chi connectivity index (χ4n) is 4.43. The molecule has 1 aliphatic carbocycles. The number of methoxy groups -OCH3 is 2. The van der Waals surface area contributed by atoms with Crippen LogP contribution >= 0.6 is 0 Å². The summed E-state index contributed by atoms with van der Waals surface area (Å²) in [5.41, 5.74) is 3.49. The maximum atomic E-state index is 13.5. The second-order valence-corrected chi connectivity index (χ2v) is 7.48. The third-order valence-corrected chi connectivity index (χ3v) is 5.89. The van der Waals surface area contributed by atoms with E-state index in [1.807, 2.05) is 24.3 Å². The first kappa shape index (κ1) is 18.6. The normalized spacial score (nSPS) is 21.1. The lowest BCUT2D eigenvalue weighted by atomic mass is 9.85. The molecule has 2 atom stereocenters. The van der Waals surface area contributed by atoms with E-state index in [0.29, 0.717) is 5.75 Å². The summed E-state index contributed by atoms with van der Waals surface area (Å²) in [6.45, 7) is 0.723. The molecule has 0 spiro atoms. The van der Waals surface area contributed by atoms with E-state index in [-0.39, 0.29) is 17.9 Å².